The van der Waals surface area contributed by atoms with Crippen molar-refractivity contribution in [2.24, 2.45) is 11.8 Å². The highest BCUT2D eigenvalue weighted by Crippen LogP contribution is 2.38. The van der Waals surface area contributed by atoms with Crippen molar-refractivity contribution in [1.29, 1.82) is 0 Å². The summed E-state index contributed by atoms with van der Waals surface area (Å²) in [7, 11) is 3.01. The molecule has 2 fully saturated rings. The zero-order valence-corrected chi connectivity index (χ0v) is 23.9. The fourth-order valence-corrected chi connectivity index (χ4v) is 5.10. The van der Waals surface area contributed by atoms with Crippen molar-refractivity contribution < 1.29 is 37.4 Å². The second kappa shape index (κ2) is 11.8. The number of pyridine rings is 1. The van der Waals surface area contributed by atoms with Gasteiger partial charge in [-0.25, -0.2) is 18.5 Å². The van der Waals surface area contributed by atoms with Gasteiger partial charge in [-0.05, 0) is 67.3 Å². The molecule has 1 atom stereocenters. The lowest BCUT2D eigenvalue weighted by Gasteiger charge is -2.38. The van der Waals surface area contributed by atoms with E-state index in [1.165, 1.54) is 49.6 Å². The Balaban J connectivity index is 1.21. The number of methoxy groups -OCH3 is 2. The third kappa shape index (κ3) is 5.70. The van der Waals surface area contributed by atoms with Crippen molar-refractivity contribution in [1.82, 2.24) is 9.88 Å². The van der Waals surface area contributed by atoms with Crippen LogP contribution in [-0.2, 0) is 9.59 Å². The Labute approximate surface area is 251 Å². The number of anilines is 2. The number of hydrogen-bond acceptors (Lipinski definition) is 7. The van der Waals surface area contributed by atoms with Crippen LogP contribution in [0.5, 0.6) is 23.0 Å². The predicted molar refractivity (Wildman–Crippen MR) is 157 cm³/mol. The van der Waals surface area contributed by atoms with Crippen LogP contribution in [0.1, 0.15) is 12.8 Å². The van der Waals surface area contributed by atoms with Gasteiger partial charge in [-0.1, -0.05) is 0 Å². The average molecular weight is 603 g/mol. The number of amides is 4. The fourth-order valence-electron chi connectivity index (χ4n) is 5.10. The van der Waals surface area contributed by atoms with Gasteiger partial charge in [0.25, 0.3) is 0 Å². The lowest BCUT2D eigenvalue weighted by Crippen LogP contribution is -2.60. The Kier molecular flexibility index (Phi) is 7.73. The molecule has 4 amide bonds. The smallest absolute Gasteiger partial charge is 0.331 e. The minimum Gasteiger partial charge on any atom is -0.493 e. The van der Waals surface area contributed by atoms with E-state index in [-0.39, 0.29) is 23.7 Å². The highest BCUT2D eigenvalue weighted by atomic mass is 19.1. The van der Waals surface area contributed by atoms with Gasteiger partial charge in [0.2, 0.25) is 11.8 Å². The quantitative estimate of drug-likeness (QED) is 0.243. The van der Waals surface area contributed by atoms with Crippen LogP contribution in [-0.4, -0.2) is 55.0 Å². The number of imide groups is 1. The molecule has 3 aromatic carbocycles. The molecule has 2 aliphatic rings. The summed E-state index contributed by atoms with van der Waals surface area (Å²) in [5.41, 5.74) is 0.801. The summed E-state index contributed by atoms with van der Waals surface area (Å²) in [5, 5.41) is 3.16. The third-order valence-electron chi connectivity index (χ3n) is 7.59. The van der Waals surface area contributed by atoms with Crippen LogP contribution in [0.15, 0.2) is 66.9 Å². The van der Waals surface area contributed by atoms with E-state index >= 15 is 4.39 Å². The fraction of sp³-hybridized carbons (Fsp3) is 0.250. The topological polar surface area (TPSA) is 110 Å². The number of nitrogens with one attached hydrogen (secondary N) is 1. The first-order valence-corrected chi connectivity index (χ1v) is 13.9. The molecule has 1 N–H and O–H groups in total. The van der Waals surface area contributed by atoms with Crippen LogP contribution in [0.25, 0.3) is 10.9 Å². The highest BCUT2D eigenvalue weighted by Gasteiger charge is 2.45. The summed E-state index contributed by atoms with van der Waals surface area (Å²) in [4.78, 5) is 46.7. The minimum absolute atomic E-state index is 0.0950. The maximum Gasteiger partial charge on any atom is 0.331 e. The van der Waals surface area contributed by atoms with Crippen LogP contribution >= 0.6 is 0 Å². The first-order valence-electron chi connectivity index (χ1n) is 13.9. The molecule has 1 unspecified atom stereocenters. The number of carbonyl (C=O) groups is 3. The van der Waals surface area contributed by atoms with Crippen molar-refractivity contribution in [3.05, 3.63) is 78.5 Å². The van der Waals surface area contributed by atoms with E-state index in [1.54, 1.807) is 18.2 Å². The number of rotatable bonds is 9. The van der Waals surface area contributed by atoms with Gasteiger partial charge in [0.1, 0.15) is 17.5 Å². The number of urea groups is 1. The minimum atomic E-state index is -1.26. The number of benzene rings is 3. The van der Waals surface area contributed by atoms with Crippen LogP contribution < -0.4 is 24.4 Å². The summed E-state index contributed by atoms with van der Waals surface area (Å²) in [6, 6.07) is 13.2. The van der Waals surface area contributed by atoms with Crippen LogP contribution in [0.3, 0.4) is 0 Å². The second-order valence-corrected chi connectivity index (χ2v) is 10.6. The van der Waals surface area contributed by atoms with E-state index < -0.39 is 35.4 Å². The van der Waals surface area contributed by atoms with Gasteiger partial charge in [0.05, 0.1) is 25.4 Å². The summed E-state index contributed by atoms with van der Waals surface area (Å²) >= 11 is 0. The standard InChI is InChI=1S/C32H28F2N4O6/c1-42-28-14-22-25(15-29(28)43-2)35-12-11-26(22)44-27-10-7-20(13-24(27)34)36-30(39)23-17-37(16-18-3-4-18)32(41)38(31(23)40)21-8-5-19(33)6-9-21/h5-15,18,23H,3-4,16-17H2,1-2H3,(H,36,39). The molecule has 226 valence electrons. The second-order valence-electron chi connectivity index (χ2n) is 10.6. The van der Waals surface area contributed by atoms with Crippen molar-refractivity contribution in [3.63, 3.8) is 0 Å². The van der Waals surface area contributed by atoms with Crippen LogP contribution in [0, 0.1) is 23.5 Å². The average Bonchev–Trinajstić information content (AvgIpc) is 3.84. The number of aromatic nitrogens is 1. The molecule has 4 aromatic rings. The van der Waals surface area contributed by atoms with E-state index in [9.17, 15) is 18.8 Å². The molecule has 0 spiro atoms. The predicted octanol–water partition coefficient (Wildman–Crippen LogP) is 5.76. The van der Waals surface area contributed by atoms with Crippen LogP contribution in [0.4, 0.5) is 25.0 Å². The number of carbonyl (C=O) groups excluding carboxylic acids is 3. The molecule has 2 heterocycles. The molecule has 0 radical (unpaired) electrons. The Morgan fingerprint density at radius 1 is 0.932 bits per heavy atom. The Hall–Kier alpha value is -5.26. The summed E-state index contributed by atoms with van der Waals surface area (Å²) in [5.74, 6) is -2.56. The number of hydrogen-bond donors (Lipinski definition) is 1. The Bertz CT molecular complexity index is 1760. The summed E-state index contributed by atoms with van der Waals surface area (Å²) < 4.78 is 45.4. The van der Waals surface area contributed by atoms with Crippen LogP contribution in [0.2, 0.25) is 0 Å². The maximum atomic E-state index is 15.3. The summed E-state index contributed by atoms with van der Waals surface area (Å²) in [6.45, 7) is 0.279. The molecule has 10 nitrogen and oxygen atoms in total. The zero-order chi connectivity index (χ0) is 31.0. The van der Waals surface area contributed by atoms with E-state index in [0.717, 1.165) is 35.9 Å². The van der Waals surface area contributed by atoms with Crippen molar-refractivity contribution in [2.75, 3.05) is 37.5 Å². The van der Waals surface area contributed by atoms with E-state index in [1.807, 2.05) is 0 Å². The number of nitrogens with zero attached hydrogens (tertiary/aromatic N) is 3. The molecule has 44 heavy (non-hydrogen) atoms. The molecule has 12 heteroatoms. The lowest BCUT2D eigenvalue weighted by molar-refractivity contribution is -0.132. The van der Waals surface area contributed by atoms with Gasteiger partial charge in [-0.3, -0.25) is 14.6 Å². The SMILES string of the molecule is COc1cc2nccc(Oc3ccc(NC(=O)C4CN(CC5CC5)C(=O)N(c5ccc(F)cc5)C4=O)cc3F)c2cc1OC. The maximum absolute atomic E-state index is 15.3. The summed E-state index contributed by atoms with van der Waals surface area (Å²) in [6.07, 6.45) is 3.43. The molecule has 1 saturated heterocycles. The number of ether oxygens (including phenoxy) is 3. The number of halogens is 2. The normalized spacial score (nSPS) is 16.7. The van der Waals surface area contributed by atoms with E-state index in [4.69, 9.17) is 14.2 Å². The van der Waals surface area contributed by atoms with Gasteiger partial charge in [-0.2, -0.15) is 0 Å². The molecule has 6 rings (SSSR count). The number of fused-ring (bicyclic) bond motifs is 1. The first-order chi connectivity index (χ1) is 21.2. The van der Waals surface area contributed by atoms with Gasteiger partial charge in [0, 0.05) is 42.5 Å². The van der Waals surface area contributed by atoms with Crippen molar-refractivity contribution in [3.8, 4) is 23.0 Å². The van der Waals surface area contributed by atoms with Gasteiger partial charge in [-0.15, -0.1) is 0 Å². The highest BCUT2D eigenvalue weighted by molar-refractivity contribution is 6.23. The van der Waals surface area contributed by atoms with Crippen molar-refractivity contribution >= 4 is 40.1 Å². The van der Waals surface area contributed by atoms with Gasteiger partial charge >= 0.3 is 6.03 Å². The molecule has 1 aromatic heterocycles. The first kappa shape index (κ1) is 28.8. The Morgan fingerprint density at radius 3 is 2.34 bits per heavy atom. The molecule has 1 aliphatic carbocycles. The molecular formula is C32H28F2N4O6. The van der Waals surface area contributed by atoms with E-state index in [2.05, 4.69) is 10.3 Å². The third-order valence-corrected chi connectivity index (χ3v) is 7.59. The van der Waals surface area contributed by atoms with Gasteiger partial charge in [0.15, 0.2) is 23.1 Å². The zero-order valence-electron chi connectivity index (χ0n) is 23.9. The monoisotopic (exact) mass is 602 g/mol. The lowest BCUT2D eigenvalue weighted by atomic mass is 10.0. The molecular weight excluding hydrogens is 574 g/mol. The van der Waals surface area contributed by atoms with Crippen molar-refractivity contribution in [2.45, 2.75) is 12.8 Å². The van der Waals surface area contributed by atoms with E-state index in [0.29, 0.717) is 40.6 Å². The Morgan fingerprint density at radius 2 is 1.66 bits per heavy atom. The van der Waals surface area contributed by atoms with Gasteiger partial charge < -0.3 is 24.4 Å². The molecule has 0 bridgehead atoms. The molecule has 1 aliphatic heterocycles. The molecule has 1 saturated carbocycles. The largest absolute Gasteiger partial charge is 0.493 e.